The number of anilines is 2. The zero-order chi connectivity index (χ0) is 23.6. The molecule has 1 fully saturated rings. The van der Waals surface area contributed by atoms with E-state index in [2.05, 4.69) is 15.5 Å². The molecule has 1 aromatic carbocycles. The SMILES string of the molecule is CSCCC(NC(=O)c1ccco1)C(=O)OC(C)C(=O)Nc1ccc(N2CCOCC2)cc1. The van der Waals surface area contributed by atoms with Gasteiger partial charge in [0.15, 0.2) is 11.9 Å². The Labute approximate surface area is 197 Å². The van der Waals surface area contributed by atoms with Gasteiger partial charge in [0.1, 0.15) is 6.04 Å². The molecule has 10 heteroatoms. The number of carbonyl (C=O) groups excluding carboxylic acids is 3. The van der Waals surface area contributed by atoms with Crippen LogP contribution in [0.25, 0.3) is 0 Å². The number of furan rings is 1. The van der Waals surface area contributed by atoms with Gasteiger partial charge in [-0.3, -0.25) is 9.59 Å². The number of hydrogen-bond donors (Lipinski definition) is 2. The summed E-state index contributed by atoms with van der Waals surface area (Å²) in [5.41, 5.74) is 1.66. The van der Waals surface area contributed by atoms with E-state index >= 15 is 0 Å². The lowest BCUT2D eigenvalue weighted by Gasteiger charge is -2.29. The molecule has 33 heavy (non-hydrogen) atoms. The predicted octanol–water partition coefficient (Wildman–Crippen LogP) is 2.54. The highest BCUT2D eigenvalue weighted by Crippen LogP contribution is 2.19. The Morgan fingerprint density at radius 3 is 2.52 bits per heavy atom. The maximum absolute atomic E-state index is 12.7. The Kier molecular flexibility index (Phi) is 9.20. The van der Waals surface area contributed by atoms with Crippen molar-refractivity contribution in [1.82, 2.24) is 5.32 Å². The molecule has 2 aromatic rings. The highest BCUT2D eigenvalue weighted by Gasteiger charge is 2.27. The Hall–Kier alpha value is -2.98. The van der Waals surface area contributed by atoms with Crippen LogP contribution in [-0.4, -0.2) is 68.2 Å². The van der Waals surface area contributed by atoms with Gasteiger partial charge in [-0.05, 0) is 61.8 Å². The Morgan fingerprint density at radius 1 is 1.15 bits per heavy atom. The second-order valence-corrected chi connectivity index (χ2v) is 8.49. The average Bonchev–Trinajstić information content (AvgIpc) is 3.38. The zero-order valence-corrected chi connectivity index (χ0v) is 19.6. The topological polar surface area (TPSA) is 110 Å². The highest BCUT2D eigenvalue weighted by atomic mass is 32.2. The molecule has 1 aliphatic rings. The first kappa shape index (κ1) is 24.7. The number of nitrogens with one attached hydrogen (secondary N) is 2. The molecule has 2 atom stereocenters. The third kappa shape index (κ3) is 7.26. The first-order chi connectivity index (χ1) is 16.0. The van der Waals surface area contributed by atoms with Gasteiger partial charge in [0, 0.05) is 24.5 Å². The van der Waals surface area contributed by atoms with Gasteiger partial charge in [0.2, 0.25) is 0 Å². The van der Waals surface area contributed by atoms with Crippen molar-refractivity contribution in [1.29, 1.82) is 0 Å². The summed E-state index contributed by atoms with van der Waals surface area (Å²) in [5.74, 6) is -0.907. The van der Waals surface area contributed by atoms with Gasteiger partial charge in [0.25, 0.3) is 11.8 Å². The minimum atomic E-state index is -1.03. The molecular formula is C23H29N3O6S. The quantitative estimate of drug-likeness (QED) is 0.505. The molecule has 0 aliphatic carbocycles. The lowest BCUT2D eigenvalue weighted by Crippen LogP contribution is -2.44. The van der Waals surface area contributed by atoms with E-state index in [9.17, 15) is 14.4 Å². The van der Waals surface area contributed by atoms with Crippen molar-refractivity contribution in [2.24, 2.45) is 0 Å². The molecule has 0 bridgehead atoms. The lowest BCUT2D eigenvalue weighted by molar-refractivity contribution is -0.155. The Balaban J connectivity index is 1.53. The summed E-state index contributed by atoms with van der Waals surface area (Å²) in [6.45, 7) is 4.54. The highest BCUT2D eigenvalue weighted by molar-refractivity contribution is 7.98. The van der Waals surface area contributed by atoms with Crippen molar-refractivity contribution in [3.8, 4) is 0 Å². The number of morpholine rings is 1. The van der Waals surface area contributed by atoms with Crippen LogP contribution < -0.4 is 15.5 Å². The number of thioether (sulfide) groups is 1. The molecule has 0 spiro atoms. The van der Waals surface area contributed by atoms with Crippen LogP contribution in [0.4, 0.5) is 11.4 Å². The monoisotopic (exact) mass is 475 g/mol. The molecule has 2 heterocycles. The van der Waals surface area contributed by atoms with Crippen molar-refractivity contribution in [2.45, 2.75) is 25.5 Å². The average molecular weight is 476 g/mol. The predicted molar refractivity (Wildman–Crippen MR) is 127 cm³/mol. The van der Waals surface area contributed by atoms with Crippen LogP contribution in [0.2, 0.25) is 0 Å². The van der Waals surface area contributed by atoms with Crippen LogP contribution in [-0.2, 0) is 19.1 Å². The summed E-state index contributed by atoms with van der Waals surface area (Å²) in [7, 11) is 0. The van der Waals surface area contributed by atoms with Gasteiger partial charge in [-0.1, -0.05) is 0 Å². The minimum absolute atomic E-state index is 0.100. The smallest absolute Gasteiger partial charge is 0.329 e. The normalized spacial score (nSPS) is 15.4. The molecule has 9 nitrogen and oxygen atoms in total. The third-order valence-corrected chi connectivity index (χ3v) is 5.76. The van der Waals surface area contributed by atoms with Gasteiger partial charge in [-0.2, -0.15) is 11.8 Å². The van der Waals surface area contributed by atoms with Crippen LogP contribution in [0.15, 0.2) is 47.1 Å². The summed E-state index contributed by atoms with van der Waals surface area (Å²) < 4.78 is 15.8. The van der Waals surface area contributed by atoms with E-state index in [4.69, 9.17) is 13.9 Å². The molecule has 2 amide bonds. The minimum Gasteiger partial charge on any atom is -0.459 e. The van der Waals surface area contributed by atoms with E-state index in [1.165, 1.54) is 31.0 Å². The summed E-state index contributed by atoms with van der Waals surface area (Å²) in [4.78, 5) is 39.7. The van der Waals surface area contributed by atoms with Gasteiger partial charge in [-0.25, -0.2) is 4.79 Å². The number of esters is 1. The van der Waals surface area contributed by atoms with Crippen LogP contribution in [0.5, 0.6) is 0 Å². The first-order valence-corrected chi connectivity index (χ1v) is 12.1. The number of rotatable bonds is 10. The van der Waals surface area contributed by atoms with Crippen molar-refractivity contribution in [2.75, 3.05) is 48.5 Å². The van der Waals surface area contributed by atoms with Gasteiger partial charge in [-0.15, -0.1) is 0 Å². The second-order valence-electron chi connectivity index (χ2n) is 7.50. The standard InChI is InChI=1S/C23H29N3O6S/c1-16(21(27)24-17-5-7-18(8-6-17)26-10-13-30-14-11-26)32-23(29)19(9-15-33-2)25-22(28)20-4-3-12-31-20/h3-8,12,16,19H,9-11,13-15H2,1-2H3,(H,24,27)(H,25,28). The number of benzene rings is 1. The van der Waals surface area contributed by atoms with E-state index in [-0.39, 0.29) is 5.76 Å². The van der Waals surface area contributed by atoms with Crippen LogP contribution >= 0.6 is 11.8 Å². The fourth-order valence-electron chi connectivity index (χ4n) is 3.25. The first-order valence-electron chi connectivity index (χ1n) is 10.8. The molecule has 0 saturated carbocycles. The molecule has 0 radical (unpaired) electrons. The number of hydrogen-bond acceptors (Lipinski definition) is 8. The van der Waals surface area contributed by atoms with Gasteiger partial charge in [0.05, 0.1) is 19.5 Å². The molecule has 178 valence electrons. The lowest BCUT2D eigenvalue weighted by atomic mass is 10.2. The van der Waals surface area contributed by atoms with E-state index < -0.39 is 29.9 Å². The largest absolute Gasteiger partial charge is 0.459 e. The van der Waals surface area contributed by atoms with Crippen molar-refractivity contribution in [3.05, 3.63) is 48.4 Å². The number of amides is 2. The summed E-state index contributed by atoms with van der Waals surface area (Å²) in [6.07, 6.45) is 2.61. The van der Waals surface area contributed by atoms with Gasteiger partial charge < -0.3 is 29.4 Å². The van der Waals surface area contributed by atoms with E-state index in [1.54, 1.807) is 6.07 Å². The molecule has 1 aromatic heterocycles. The summed E-state index contributed by atoms with van der Waals surface area (Å²) in [5, 5.41) is 5.38. The van der Waals surface area contributed by atoms with E-state index in [1.807, 2.05) is 30.5 Å². The molecule has 2 N–H and O–H groups in total. The molecular weight excluding hydrogens is 446 g/mol. The van der Waals surface area contributed by atoms with Crippen LogP contribution in [0, 0.1) is 0 Å². The van der Waals surface area contributed by atoms with E-state index in [0.29, 0.717) is 31.1 Å². The summed E-state index contributed by atoms with van der Waals surface area (Å²) >= 11 is 1.54. The maximum atomic E-state index is 12.7. The Morgan fingerprint density at radius 2 is 1.88 bits per heavy atom. The second kappa shape index (κ2) is 12.3. The molecule has 1 saturated heterocycles. The van der Waals surface area contributed by atoms with Crippen molar-refractivity contribution < 1.29 is 28.3 Å². The molecule has 2 unspecified atom stereocenters. The van der Waals surface area contributed by atoms with Crippen molar-refractivity contribution in [3.63, 3.8) is 0 Å². The fourth-order valence-corrected chi connectivity index (χ4v) is 3.72. The molecule has 1 aliphatic heterocycles. The summed E-state index contributed by atoms with van der Waals surface area (Å²) in [6, 6.07) is 9.68. The maximum Gasteiger partial charge on any atom is 0.329 e. The van der Waals surface area contributed by atoms with Gasteiger partial charge >= 0.3 is 5.97 Å². The number of ether oxygens (including phenoxy) is 2. The van der Waals surface area contributed by atoms with E-state index in [0.717, 1.165) is 18.8 Å². The number of carbonyl (C=O) groups is 3. The third-order valence-electron chi connectivity index (χ3n) is 5.12. The molecule has 3 rings (SSSR count). The Bertz CT molecular complexity index is 913. The van der Waals surface area contributed by atoms with Crippen LogP contribution in [0.1, 0.15) is 23.9 Å². The zero-order valence-electron chi connectivity index (χ0n) is 18.7. The van der Waals surface area contributed by atoms with Crippen molar-refractivity contribution >= 4 is 40.9 Å². The van der Waals surface area contributed by atoms with Crippen LogP contribution in [0.3, 0.4) is 0 Å². The number of nitrogens with zero attached hydrogens (tertiary/aromatic N) is 1. The fraction of sp³-hybridized carbons (Fsp3) is 0.435.